The molecule has 92 valence electrons. The number of rotatable bonds is 3. The van der Waals surface area contributed by atoms with Crippen molar-refractivity contribution < 1.29 is 4.74 Å². The number of hydrogen-bond acceptors (Lipinski definition) is 4. The van der Waals surface area contributed by atoms with Crippen LogP contribution in [0.4, 0.5) is 0 Å². The summed E-state index contributed by atoms with van der Waals surface area (Å²) in [5, 5.41) is 4.33. The molecule has 0 bridgehead atoms. The highest BCUT2D eigenvalue weighted by Crippen LogP contribution is 2.35. The van der Waals surface area contributed by atoms with Crippen molar-refractivity contribution in [3.05, 3.63) is 15.4 Å². The molecule has 3 nitrogen and oxygen atoms in total. The predicted octanol–water partition coefficient (Wildman–Crippen LogP) is 2.35. The summed E-state index contributed by atoms with van der Waals surface area (Å²) in [6.45, 7) is 5.51. The van der Waals surface area contributed by atoms with Crippen LogP contribution in [0.3, 0.4) is 0 Å². The van der Waals surface area contributed by atoms with E-state index in [2.05, 4.69) is 32.2 Å². The third kappa shape index (κ3) is 3.60. The number of nitrogens with one attached hydrogen (secondary N) is 1. The fourth-order valence-electron chi connectivity index (χ4n) is 1.70. The topological polar surface area (TPSA) is 24.5 Å². The highest BCUT2D eigenvalue weighted by atomic mass is 79.9. The van der Waals surface area contributed by atoms with Gasteiger partial charge in [0.05, 0.1) is 11.6 Å². The molecule has 1 aliphatic rings. The molecule has 0 unspecified atom stereocenters. The van der Waals surface area contributed by atoms with Gasteiger partial charge in [0, 0.05) is 37.6 Å². The molecule has 0 spiro atoms. The van der Waals surface area contributed by atoms with Crippen molar-refractivity contribution >= 4 is 39.7 Å². The van der Waals surface area contributed by atoms with E-state index in [-0.39, 0.29) is 12.4 Å². The monoisotopic (exact) mass is 326 g/mol. The van der Waals surface area contributed by atoms with Crippen LogP contribution in [0.25, 0.3) is 0 Å². The predicted molar refractivity (Wildman–Crippen MR) is 74.0 cm³/mol. The molecule has 6 heteroatoms. The van der Waals surface area contributed by atoms with Crippen molar-refractivity contribution in [2.45, 2.75) is 6.54 Å². The summed E-state index contributed by atoms with van der Waals surface area (Å²) >= 11 is 5.22. The molecule has 1 saturated heterocycles. The molecular formula is C10H16BrClN2OS. The molecular weight excluding hydrogens is 312 g/mol. The molecule has 1 N–H and O–H groups in total. The lowest BCUT2D eigenvalue weighted by Crippen LogP contribution is -2.42. The van der Waals surface area contributed by atoms with E-state index in [9.17, 15) is 0 Å². The Kier molecular flexibility index (Phi) is 6.07. The zero-order valence-electron chi connectivity index (χ0n) is 9.16. The van der Waals surface area contributed by atoms with Crippen LogP contribution in [-0.2, 0) is 6.54 Å². The summed E-state index contributed by atoms with van der Waals surface area (Å²) in [6, 6.07) is 2.16. The van der Waals surface area contributed by atoms with E-state index < -0.39 is 0 Å². The van der Waals surface area contributed by atoms with Crippen LogP contribution in [0.5, 0.6) is 5.06 Å². The summed E-state index contributed by atoms with van der Waals surface area (Å²) in [5.41, 5.74) is 0. The fraction of sp³-hybridized carbons (Fsp3) is 0.600. The van der Waals surface area contributed by atoms with E-state index in [0.717, 1.165) is 42.3 Å². The number of halogens is 2. The van der Waals surface area contributed by atoms with Crippen LogP contribution in [0, 0.1) is 0 Å². The highest BCUT2D eigenvalue weighted by molar-refractivity contribution is 9.10. The van der Waals surface area contributed by atoms with Gasteiger partial charge in [-0.15, -0.1) is 23.7 Å². The van der Waals surface area contributed by atoms with Gasteiger partial charge in [0.15, 0.2) is 5.06 Å². The van der Waals surface area contributed by atoms with E-state index in [1.807, 2.05) is 0 Å². The van der Waals surface area contributed by atoms with Gasteiger partial charge in [-0.3, -0.25) is 4.90 Å². The summed E-state index contributed by atoms with van der Waals surface area (Å²) < 4.78 is 6.33. The van der Waals surface area contributed by atoms with Crippen LogP contribution < -0.4 is 10.1 Å². The smallest absolute Gasteiger partial charge is 0.188 e. The minimum atomic E-state index is 0. The van der Waals surface area contributed by atoms with Gasteiger partial charge in [-0.1, -0.05) is 0 Å². The van der Waals surface area contributed by atoms with Crippen molar-refractivity contribution in [3.63, 3.8) is 0 Å². The van der Waals surface area contributed by atoms with E-state index in [1.165, 1.54) is 4.88 Å². The molecule has 0 aliphatic carbocycles. The zero-order chi connectivity index (χ0) is 10.7. The van der Waals surface area contributed by atoms with Gasteiger partial charge in [-0.25, -0.2) is 0 Å². The van der Waals surface area contributed by atoms with Crippen molar-refractivity contribution in [1.82, 2.24) is 10.2 Å². The quantitative estimate of drug-likeness (QED) is 0.922. The lowest BCUT2D eigenvalue weighted by Gasteiger charge is -2.26. The SMILES string of the molecule is COc1sc(CN2CCNCC2)cc1Br.Cl. The highest BCUT2D eigenvalue weighted by Gasteiger charge is 2.13. The second kappa shape index (κ2) is 6.81. The summed E-state index contributed by atoms with van der Waals surface area (Å²) in [6.07, 6.45) is 0. The lowest BCUT2D eigenvalue weighted by molar-refractivity contribution is 0.235. The molecule has 0 radical (unpaired) electrons. The van der Waals surface area contributed by atoms with Crippen molar-refractivity contribution in [1.29, 1.82) is 0 Å². The maximum absolute atomic E-state index is 5.26. The van der Waals surface area contributed by atoms with Crippen LogP contribution >= 0.6 is 39.7 Å². The first kappa shape index (κ1) is 14.3. The Balaban J connectivity index is 0.00000128. The third-order valence-electron chi connectivity index (χ3n) is 2.48. The summed E-state index contributed by atoms with van der Waals surface area (Å²) in [7, 11) is 1.71. The largest absolute Gasteiger partial charge is 0.486 e. The molecule has 2 heterocycles. The second-order valence-electron chi connectivity index (χ2n) is 3.58. The first-order valence-electron chi connectivity index (χ1n) is 5.05. The molecule has 1 aliphatic heterocycles. The molecule has 0 saturated carbocycles. The first-order valence-corrected chi connectivity index (χ1v) is 6.66. The van der Waals surface area contributed by atoms with Crippen molar-refractivity contribution in [3.8, 4) is 5.06 Å². The number of methoxy groups -OCH3 is 1. The fourth-order valence-corrected chi connectivity index (χ4v) is 3.44. The Bertz CT molecular complexity index is 329. The maximum atomic E-state index is 5.26. The van der Waals surface area contributed by atoms with Crippen LogP contribution in [0.1, 0.15) is 4.88 Å². The molecule has 1 aromatic heterocycles. The molecule has 0 amide bonds. The Labute approximate surface area is 115 Å². The van der Waals surface area contributed by atoms with Crippen molar-refractivity contribution in [2.24, 2.45) is 0 Å². The van der Waals surface area contributed by atoms with Gasteiger partial charge >= 0.3 is 0 Å². The van der Waals surface area contributed by atoms with E-state index in [1.54, 1.807) is 18.4 Å². The van der Waals surface area contributed by atoms with Gasteiger partial charge in [0.1, 0.15) is 0 Å². The maximum Gasteiger partial charge on any atom is 0.188 e. The molecule has 2 rings (SSSR count). The molecule has 0 atom stereocenters. The van der Waals surface area contributed by atoms with E-state index in [4.69, 9.17) is 4.74 Å². The first-order chi connectivity index (χ1) is 7.29. The minimum absolute atomic E-state index is 0. The molecule has 0 aromatic carbocycles. The Hall–Kier alpha value is 0.190. The molecule has 16 heavy (non-hydrogen) atoms. The molecule has 1 fully saturated rings. The number of thiophene rings is 1. The van der Waals surface area contributed by atoms with Crippen LogP contribution in [-0.4, -0.2) is 38.2 Å². The number of piperazine rings is 1. The van der Waals surface area contributed by atoms with Crippen LogP contribution in [0.15, 0.2) is 10.5 Å². The third-order valence-corrected chi connectivity index (χ3v) is 4.41. The second-order valence-corrected chi connectivity index (χ2v) is 5.53. The Morgan fingerprint density at radius 3 is 2.75 bits per heavy atom. The zero-order valence-corrected chi connectivity index (χ0v) is 12.4. The minimum Gasteiger partial charge on any atom is -0.486 e. The van der Waals surface area contributed by atoms with Crippen molar-refractivity contribution in [2.75, 3.05) is 33.3 Å². The standard InChI is InChI=1S/C10H15BrN2OS.ClH/c1-14-10-9(11)6-8(15-10)7-13-4-2-12-3-5-13;/h6,12H,2-5,7H2,1H3;1H. The average molecular weight is 328 g/mol. The van der Waals surface area contributed by atoms with E-state index in [0.29, 0.717) is 0 Å². The number of nitrogens with zero attached hydrogens (tertiary/aromatic N) is 1. The van der Waals surface area contributed by atoms with Crippen LogP contribution in [0.2, 0.25) is 0 Å². The Morgan fingerprint density at radius 1 is 1.50 bits per heavy atom. The Morgan fingerprint density at radius 2 is 2.19 bits per heavy atom. The van der Waals surface area contributed by atoms with Gasteiger partial charge in [-0.05, 0) is 22.0 Å². The van der Waals surface area contributed by atoms with Gasteiger partial charge in [-0.2, -0.15) is 0 Å². The van der Waals surface area contributed by atoms with Gasteiger partial charge in [0.2, 0.25) is 0 Å². The summed E-state index contributed by atoms with van der Waals surface area (Å²) in [4.78, 5) is 3.83. The number of hydrogen-bond donors (Lipinski definition) is 1. The normalized spacial score (nSPS) is 16.9. The summed E-state index contributed by atoms with van der Waals surface area (Å²) in [5.74, 6) is 0. The van der Waals surface area contributed by atoms with Gasteiger partial charge < -0.3 is 10.1 Å². The van der Waals surface area contributed by atoms with E-state index >= 15 is 0 Å². The lowest BCUT2D eigenvalue weighted by atomic mass is 10.3. The number of ether oxygens (including phenoxy) is 1. The molecule has 1 aromatic rings. The average Bonchev–Trinajstić information content (AvgIpc) is 2.60. The van der Waals surface area contributed by atoms with Gasteiger partial charge in [0.25, 0.3) is 0 Å².